The van der Waals surface area contributed by atoms with E-state index < -0.39 is 0 Å². The molecule has 1 aromatic heterocycles. The second-order valence-corrected chi connectivity index (χ2v) is 5.59. The van der Waals surface area contributed by atoms with Crippen LogP contribution in [0.2, 0.25) is 0 Å². The predicted octanol–water partition coefficient (Wildman–Crippen LogP) is 1.81. The maximum Gasteiger partial charge on any atom is 0.495 e. The summed E-state index contributed by atoms with van der Waals surface area (Å²) in [6.45, 7) is 11.1. The van der Waals surface area contributed by atoms with Gasteiger partial charge < -0.3 is 14.6 Å². The van der Waals surface area contributed by atoms with E-state index in [0.717, 1.165) is 17.8 Å². The van der Waals surface area contributed by atoms with Crippen molar-refractivity contribution < 1.29 is 9.31 Å². The van der Waals surface area contributed by atoms with Crippen LogP contribution in [0.4, 0.5) is 5.82 Å². The third-order valence-corrected chi connectivity index (χ3v) is 3.67. The molecule has 1 fully saturated rings. The zero-order valence-electron chi connectivity index (χ0n) is 11.8. The Bertz CT molecular complexity index is 419. The van der Waals surface area contributed by atoms with E-state index in [4.69, 9.17) is 9.31 Å². The molecule has 0 unspecified atom stereocenters. The molecule has 0 atom stereocenters. The van der Waals surface area contributed by atoms with E-state index in [-0.39, 0.29) is 18.3 Å². The van der Waals surface area contributed by atoms with Gasteiger partial charge in [-0.1, -0.05) is 0 Å². The van der Waals surface area contributed by atoms with Gasteiger partial charge in [0.15, 0.2) is 0 Å². The summed E-state index contributed by atoms with van der Waals surface area (Å²) >= 11 is 0. The van der Waals surface area contributed by atoms with Gasteiger partial charge >= 0.3 is 7.12 Å². The molecule has 0 bridgehead atoms. The monoisotopic (exact) mass is 248 g/mol. The lowest BCUT2D eigenvalue weighted by atomic mass is 9.80. The molecule has 98 valence electrons. The SMILES string of the molecule is CCNc1cc(B2OC(C)(C)C(C)(C)O2)ccn1. The Labute approximate surface area is 109 Å². The molecule has 1 aliphatic rings. The van der Waals surface area contributed by atoms with Gasteiger partial charge in [0.25, 0.3) is 0 Å². The molecule has 0 aromatic carbocycles. The number of rotatable bonds is 3. The van der Waals surface area contributed by atoms with E-state index in [2.05, 4.69) is 38.0 Å². The quantitative estimate of drug-likeness (QED) is 0.828. The Kier molecular flexibility index (Phi) is 3.38. The Morgan fingerprint density at radius 1 is 1.22 bits per heavy atom. The molecule has 2 rings (SSSR count). The van der Waals surface area contributed by atoms with Crippen LogP contribution in [0.5, 0.6) is 0 Å². The van der Waals surface area contributed by atoms with Crippen molar-refractivity contribution in [1.82, 2.24) is 4.98 Å². The molecule has 18 heavy (non-hydrogen) atoms. The molecule has 1 aromatic rings. The summed E-state index contributed by atoms with van der Waals surface area (Å²) in [7, 11) is -0.324. The number of anilines is 1. The van der Waals surface area contributed by atoms with Gasteiger partial charge in [-0.3, -0.25) is 0 Å². The van der Waals surface area contributed by atoms with E-state index >= 15 is 0 Å². The van der Waals surface area contributed by atoms with Crippen molar-refractivity contribution in [2.45, 2.75) is 45.8 Å². The summed E-state index contributed by atoms with van der Waals surface area (Å²) in [5.74, 6) is 0.852. The number of aromatic nitrogens is 1. The van der Waals surface area contributed by atoms with Crippen LogP contribution in [0.15, 0.2) is 18.3 Å². The first-order valence-electron chi connectivity index (χ1n) is 6.41. The zero-order chi connectivity index (χ0) is 13.4. The third-order valence-electron chi connectivity index (χ3n) is 3.67. The topological polar surface area (TPSA) is 43.4 Å². The highest BCUT2D eigenvalue weighted by Gasteiger charge is 2.51. The van der Waals surface area contributed by atoms with Gasteiger partial charge in [-0.05, 0) is 52.2 Å². The fourth-order valence-corrected chi connectivity index (χ4v) is 1.85. The van der Waals surface area contributed by atoms with Gasteiger partial charge in [0, 0.05) is 12.7 Å². The van der Waals surface area contributed by atoms with Gasteiger partial charge in [-0.25, -0.2) is 4.98 Å². The Balaban J connectivity index is 2.21. The third kappa shape index (κ3) is 2.38. The standard InChI is InChI=1S/C13H21BN2O2/c1-6-15-11-9-10(7-8-16-11)14-17-12(2,3)13(4,5)18-14/h7-9H,6H2,1-5H3,(H,15,16). The van der Waals surface area contributed by atoms with Crippen LogP contribution >= 0.6 is 0 Å². The summed E-state index contributed by atoms with van der Waals surface area (Å²) < 4.78 is 12.0. The number of pyridine rings is 1. The molecule has 1 saturated heterocycles. The second-order valence-electron chi connectivity index (χ2n) is 5.59. The zero-order valence-corrected chi connectivity index (χ0v) is 11.8. The number of hydrogen-bond donors (Lipinski definition) is 1. The lowest BCUT2D eigenvalue weighted by Crippen LogP contribution is -2.41. The highest BCUT2D eigenvalue weighted by molar-refractivity contribution is 6.62. The maximum atomic E-state index is 6.01. The minimum absolute atomic E-state index is 0.306. The summed E-state index contributed by atoms with van der Waals surface area (Å²) in [4.78, 5) is 4.25. The molecule has 4 nitrogen and oxygen atoms in total. The average molecular weight is 248 g/mol. The smallest absolute Gasteiger partial charge is 0.399 e. The van der Waals surface area contributed by atoms with Crippen molar-refractivity contribution in [2.75, 3.05) is 11.9 Å². The molecular formula is C13H21BN2O2. The van der Waals surface area contributed by atoms with Crippen molar-refractivity contribution in [1.29, 1.82) is 0 Å². The minimum Gasteiger partial charge on any atom is -0.399 e. The summed E-state index contributed by atoms with van der Waals surface area (Å²) in [5, 5.41) is 3.19. The van der Waals surface area contributed by atoms with Crippen molar-refractivity contribution >= 4 is 18.4 Å². The van der Waals surface area contributed by atoms with Crippen molar-refractivity contribution in [2.24, 2.45) is 0 Å². The van der Waals surface area contributed by atoms with Crippen molar-refractivity contribution in [3.63, 3.8) is 0 Å². The summed E-state index contributed by atoms with van der Waals surface area (Å²) in [5.41, 5.74) is 0.387. The largest absolute Gasteiger partial charge is 0.495 e. The van der Waals surface area contributed by atoms with Crippen molar-refractivity contribution in [3.8, 4) is 0 Å². The molecule has 5 heteroatoms. The molecule has 2 heterocycles. The van der Waals surface area contributed by atoms with E-state index in [9.17, 15) is 0 Å². The van der Waals surface area contributed by atoms with Crippen LogP contribution in [0.1, 0.15) is 34.6 Å². The van der Waals surface area contributed by atoms with Gasteiger partial charge in [0.05, 0.1) is 11.2 Å². The fraction of sp³-hybridized carbons (Fsp3) is 0.615. The Morgan fingerprint density at radius 2 is 1.83 bits per heavy atom. The first-order chi connectivity index (χ1) is 8.36. The summed E-state index contributed by atoms with van der Waals surface area (Å²) in [6, 6.07) is 3.91. The van der Waals surface area contributed by atoms with Gasteiger partial charge in [-0.2, -0.15) is 0 Å². The van der Waals surface area contributed by atoms with Crippen LogP contribution < -0.4 is 10.8 Å². The first kappa shape index (κ1) is 13.4. The van der Waals surface area contributed by atoms with E-state index in [1.807, 2.05) is 19.1 Å². The first-order valence-corrected chi connectivity index (χ1v) is 6.41. The summed E-state index contributed by atoms with van der Waals surface area (Å²) in [6.07, 6.45) is 1.78. The van der Waals surface area contributed by atoms with E-state index in [1.54, 1.807) is 6.20 Å². The second kappa shape index (κ2) is 4.55. The van der Waals surface area contributed by atoms with Gasteiger partial charge in [-0.15, -0.1) is 0 Å². The molecule has 0 aliphatic carbocycles. The molecule has 1 aliphatic heterocycles. The molecule has 0 radical (unpaired) electrons. The Hall–Kier alpha value is -1.07. The van der Waals surface area contributed by atoms with Crippen LogP contribution in [0.3, 0.4) is 0 Å². The molecular weight excluding hydrogens is 227 g/mol. The van der Waals surface area contributed by atoms with Crippen LogP contribution in [-0.4, -0.2) is 29.8 Å². The maximum absolute atomic E-state index is 6.01. The van der Waals surface area contributed by atoms with Crippen LogP contribution in [0.25, 0.3) is 0 Å². The lowest BCUT2D eigenvalue weighted by molar-refractivity contribution is 0.00578. The van der Waals surface area contributed by atoms with E-state index in [0.29, 0.717) is 0 Å². The highest BCUT2D eigenvalue weighted by atomic mass is 16.7. The molecule has 0 amide bonds. The van der Waals surface area contributed by atoms with Crippen LogP contribution in [0, 0.1) is 0 Å². The molecule has 0 saturated carbocycles. The molecule has 1 N–H and O–H groups in total. The number of nitrogens with one attached hydrogen (secondary N) is 1. The van der Waals surface area contributed by atoms with E-state index in [1.165, 1.54) is 0 Å². The lowest BCUT2D eigenvalue weighted by Gasteiger charge is -2.32. The highest BCUT2D eigenvalue weighted by Crippen LogP contribution is 2.36. The van der Waals surface area contributed by atoms with Gasteiger partial charge in [0.2, 0.25) is 0 Å². The minimum atomic E-state index is -0.324. The predicted molar refractivity (Wildman–Crippen MR) is 74.1 cm³/mol. The fourth-order valence-electron chi connectivity index (χ4n) is 1.85. The van der Waals surface area contributed by atoms with Crippen LogP contribution in [-0.2, 0) is 9.31 Å². The Morgan fingerprint density at radius 3 is 2.39 bits per heavy atom. The van der Waals surface area contributed by atoms with Gasteiger partial charge in [0.1, 0.15) is 5.82 Å². The number of hydrogen-bond acceptors (Lipinski definition) is 4. The number of nitrogens with zero attached hydrogens (tertiary/aromatic N) is 1. The molecule has 0 spiro atoms. The normalized spacial score (nSPS) is 21.1. The average Bonchev–Trinajstić information content (AvgIpc) is 2.49. The van der Waals surface area contributed by atoms with Crippen molar-refractivity contribution in [3.05, 3.63) is 18.3 Å².